The number of hydrogen-bond donors (Lipinski definition) is 3. The Hall–Kier alpha value is -4.65. The van der Waals surface area contributed by atoms with Crippen molar-refractivity contribution in [2.45, 2.75) is 56.6 Å². The summed E-state index contributed by atoms with van der Waals surface area (Å²) in [7, 11) is 1.53. The summed E-state index contributed by atoms with van der Waals surface area (Å²) in [5, 5.41) is 15.3. The smallest absolute Gasteiger partial charge is 0.497 e. The van der Waals surface area contributed by atoms with E-state index in [9.17, 15) is 23.5 Å². The summed E-state index contributed by atoms with van der Waals surface area (Å²) in [4.78, 5) is 31.0. The Bertz CT molecular complexity index is 1630. The van der Waals surface area contributed by atoms with Crippen LogP contribution in [0.5, 0.6) is 28.7 Å². The molecule has 13 heteroatoms. The summed E-state index contributed by atoms with van der Waals surface area (Å²) in [5.74, 6) is 0.185. The highest BCUT2D eigenvalue weighted by Gasteiger charge is 2.49. The summed E-state index contributed by atoms with van der Waals surface area (Å²) in [6, 6.07) is 10.7. The number of aliphatic hydroxyl groups is 1. The normalized spacial score (nSPS) is 22.6. The summed E-state index contributed by atoms with van der Waals surface area (Å²) in [6.45, 7) is 4.82. The van der Waals surface area contributed by atoms with Crippen molar-refractivity contribution < 1.29 is 47.2 Å². The molecule has 3 aromatic rings. The zero-order chi connectivity index (χ0) is 31.4. The van der Waals surface area contributed by atoms with Gasteiger partial charge in [0.25, 0.3) is 5.91 Å². The van der Waals surface area contributed by atoms with Crippen LogP contribution in [0.4, 0.5) is 8.78 Å². The van der Waals surface area contributed by atoms with Crippen molar-refractivity contribution in [3.8, 4) is 28.7 Å². The number of fused-ring (bicyclic) bond motifs is 3. The van der Waals surface area contributed by atoms with Crippen LogP contribution in [0.1, 0.15) is 66.5 Å². The average Bonchev–Trinajstić information content (AvgIpc) is 3.49. The molecule has 3 N–H and O–H groups in total. The highest BCUT2D eigenvalue weighted by molar-refractivity contribution is 5.94. The van der Waals surface area contributed by atoms with Crippen molar-refractivity contribution in [3.05, 3.63) is 71.0 Å². The molecule has 0 spiro atoms. The van der Waals surface area contributed by atoms with Gasteiger partial charge >= 0.3 is 6.29 Å². The van der Waals surface area contributed by atoms with Gasteiger partial charge in [-0.25, -0.2) is 0 Å². The highest BCUT2D eigenvalue weighted by atomic mass is 19.3. The van der Waals surface area contributed by atoms with E-state index in [0.29, 0.717) is 40.3 Å². The van der Waals surface area contributed by atoms with E-state index in [1.807, 2.05) is 0 Å². The van der Waals surface area contributed by atoms with Crippen molar-refractivity contribution in [3.63, 3.8) is 0 Å². The van der Waals surface area contributed by atoms with Gasteiger partial charge in [-0.15, -0.1) is 8.78 Å². The maximum Gasteiger partial charge on any atom is 0.586 e. The van der Waals surface area contributed by atoms with Crippen LogP contribution in [-0.4, -0.2) is 54.1 Å². The van der Waals surface area contributed by atoms with Gasteiger partial charge < -0.3 is 39.4 Å². The minimum atomic E-state index is -3.80. The second-order valence-corrected chi connectivity index (χ2v) is 11.8. The van der Waals surface area contributed by atoms with Crippen molar-refractivity contribution in [2.24, 2.45) is 0 Å². The van der Waals surface area contributed by atoms with Crippen LogP contribution >= 0.6 is 0 Å². The molecule has 1 aromatic heterocycles. The summed E-state index contributed by atoms with van der Waals surface area (Å²) < 4.78 is 53.9. The number of methoxy groups -OCH3 is 1. The fraction of sp³-hybridized carbons (Fsp3) is 0.387. The van der Waals surface area contributed by atoms with Crippen molar-refractivity contribution in [2.75, 3.05) is 20.3 Å². The number of alkyl halides is 2. The minimum Gasteiger partial charge on any atom is -0.497 e. The Morgan fingerprint density at radius 1 is 1.09 bits per heavy atom. The average molecular weight is 612 g/mol. The number of benzene rings is 2. The standard InChI is InChI=1S/C31H31F2N3O8/c1-29(2,14-37)36-27(38)16-5-8-20(34-13-16)24-11-21(18-7-6-17(40-4)9-22(18)42-24)35-28(39)30(3)15-41-23-12-26-25(10-19(23)30)43-31(32,33)44-26/h5-10,12-13,21,24,37H,11,14-15H2,1-4H3,(H,35,39)(H,36,38)/t21-,24-,30+/m1/s1. The lowest BCUT2D eigenvalue weighted by molar-refractivity contribution is -0.286. The number of nitrogens with one attached hydrogen (secondary N) is 2. The molecule has 0 radical (unpaired) electrons. The topological polar surface area (TPSA) is 137 Å². The first-order chi connectivity index (χ1) is 20.8. The van der Waals surface area contributed by atoms with Crippen LogP contribution in [0.15, 0.2) is 48.7 Å². The van der Waals surface area contributed by atoms with E-state index in [2.05, 4.69) is 25.1 Å². The van der Waals surface area contributed by atoms with Gasteiger partial charge in [0, 0.05) is 35.9 Å². The monoisotopic (exact) mass is 611 g/mol. The molecule has 4 heterocycles. The van der Waals surface area contributed by atoms with Gasteiger partial charge in [-0.1, -0.05) is 0 Å². The second kappa shape index (κ2) is 10.5. The molecule has 0 aliphatic carbocycles. The van der Waals surface area contributed by atoms with Gasteiger partial charge in [0.2, 0.25) is 5.91 Å². The minimum absolute atomic E-state index is 0.0201. The maximum absolute atomic E-state index is 13.9. The Morgan fingerprint density at radius 2 is 1.84 bits per heavy atom. The number of carbonyl (C=O) groups excluding carboxylic acids is 2. The van der Waals surface area contributed by atoms with Crippen LogP contribution in [0.3, 0.4) is 0 Å². The number of nitrogens with zero attached hydrogens (tertiary/aromatic N) is 1. The molecule has 44 heavy (non-hydrogen) atoms. The van der Waals surface area contributed by atoms with Crippen LogP contribution in [-0.2, 0) is 10.2 Å². The van der Waals surface area contributed by atoms with E-state index in [1.54, 1.807) is 51.1 Å². The molecular formula is C31H31F2N3O8. The van der Waals surface area contributed by atoms with E-state index in [-0.39, 0.29) is 42.3 Å². The first kappa shape index (κ1) is 29.4. The molecule has 0 bridgehead atoms. The number of amides is 2. The summed E-state index contributed by atoms with van der Waals surface area (Å²) in [6.07, 6.45) is -2.66. The molecule has 0 unspecified atom stereocenters. The third-order valence-corrected chi connectivity index (χ3v) is 7.96. The number of rotatable bonds is 7. The van der Waals surface area contributed by atoms with Gasteiger partial charge in [0.05, 0.1) is 36.6 Å². The zero-order valence-corrected chi connectivity index (χ0v) is 24.4. The predicted molar refractivity (Wildman–Crippen MR) is 150 cm³/mol. The molecule has 3 aliphatic heterocycles. The fourth-order valence-corrected chi connectivity index (χ4v) is 5.37. The number of aliphatic hydroxyl groups excluding tert-OH is 1. The van der Waals surface area contributed by atoms with Gasteiger partial charge in [-0.05, 0) is 51.1 Å². The van der Waals surface area contributed by atoms with Crippen molar-refractivity contribution in [1.82, 2.24) is 15.6 Å². The van der Waals surface area contributed by atoms with Crippen LogP contribution in [0.25, 0.3) is 0 Å². The van der Waals surface area contributed by atoms with Gasteiger partial charge in [-0.2, -0.15) is 0 Å². The van der Waals surface area contributed by atoms with E-state index < -0.39 is 29.4 Å². The van der Waals surface area contributed by atoms with E-state index in [0.717, 1.165) is 0 Å². The third-order valence-electron chi connectivity index (χ3n) is 7.96. The molecule has 2 aromatic carbocycles. The fourth-order valence-electron chi connectivity index (χ4n) is 5.37. The highest BCUT2D eigenvalue weighted by Crippen LogP contribution is 2.50. The number of aromatic nitrogens is 1. The predicted octanol–water partition coefficient (Wildman–Crippen LogP) is 3.94. The second-order valence-electron chi connectivity index (χ2n) is 11.8. The van der Waals surface area contributed by atoms with Gasteiger partial charge in [0.1, 0.15) is 35.4 Å². The van der Waals surface area contributed by atoms with Gasteiger partial charge in [-0.3, -0.25) is 14.6 Å². The number of carbonyl (C=O) groups is 2. The number of ether oxygens (including phenoxy) is 5. The molecule has 232 valence electrons. The molecule has 0 saturated carbocycles. The van der Waals surface area contributed by atoms with Gasteiger partial charge in [0.15, 0.2) is 11.5 Å². The summed E-state index contributed by atoms with van der Waals surface area (Å²) >= 11 is 0. The van der Waals surface area contributed by atoms with Crippen molar-refractivity contribution in [1.29, 1.82) is 0 Å². The quantitative estimate of drug-likeness (QED) is 0.363. The number of hydrogen-bond acceptors (Lipinski definition) is 9. The molecule has 6 rings (SSSR count). The molecule has 0 saturated heterocycles. The Labute approximate surface area is 251 Å². The molecular weight excluding hydrogens is 580 g/mol. The molecule has 3 aliphatic rings. The van der Waals surface area contributed by atoms with Crippen molar-refractivity contribution >= 4 is 11.8 Å². The Morgan fingerprint density at radius 3 is 2.52 bits per heavy atom. The lowest BCUT2D eigenvalue weighted by Gasteiger charge is -2.34. The Balaban J connectivity index is 1.26. The zero-order valence-electron chi connectivity index (χ0n) is 24.4. The molecule has 3 atom stereocenters. The molecule has 2 amide bonds. The van der Waals surface area contributed by atoms with E-state index in [4.69, 9.17) is 14.2 Å². The SMILES string of the molecule is COc1ccc2c(c1)O[C@@H](c1ccc(C(=O)NC(C)(C)CO)cn1)C[C@H]2NC(=O)[C@@]1(C)COc2cc3c(cc21)OC(F)(F)O3. The lowest BCUT2D eigenvalue weighted by atomic mass is 9.82. The van der Waals surface area contributed by atoms with Crippen LogP contribution in [0, 0.1) is 0 Å². The number of halogens is 2. The lowest BCUT2D eigenvalue weighted by Crippen LogP contribution is -2.46. The molecule has 0 fully saturated rings. The van der Waals surface area contributed by atoms with Crippen LogP contribution < -0.4 is 34.3 Å². The maximum atomic E-state index is 13.9. The first-order valence-electron chi connectivity index (χ1n) is 13.9. The largest absolute Gasteiger partial charge is 0.586 e. The number of pyridine rings is 1. The molecule has 11 nitrogen and oxygen atoms in total. The third kappa shape index (κ3) is 5.32. The Kier molecular flexibility index (Phi) is 7.03. The van der Waals surface area contributed by atoms with E-state index >= 15 is 0 Å². The first-order valence-corrected chi connectivity index (χ1v) is 13.9. The summed E-state index contributed by atoms with van der Waals surface area (Å²) in [5.41, 5.74) is -0.0697. The van der Waals surface area contributed by atoms with Crippen LogP contribution in [0.2, 0.25) is 0 Å². The van der Waals surface area contributed by atoms with E-state index in [1.165, 1.54) is 25.4 Å².